The van der Waals surface area contributed by atoms with Gasteiger partial charge >= 0.3 is 12.0 Å². The zero-order chi connectivity index (χ0) is 14.5. The summed E-state index contributed by atoms with van der Waals surface area (Å²) in [5, 5.41) is 11.4. The van der Waals surface area contributed by atoms with Gasteiger partial charge in [0.2, 0.25) is 5.91 Å². The van der Waals surface area contributed by atoms with Gasteiger partial charge in [-0.05, 0) is 24.7 Å². The second kappa shape index (κ2) is 6.40. The predicted octanol–water partition coefficient (Wildman–Crippen LogP) is 0.148. The molecule has 0 aromatic carbocycles. The Kier molecular flexibility index (Phi) is 5.14. The summed E-state index contributed by atoms with van der Waals surface area (Å²) < 4.78 is 0. The average molecular weight is 271 g/mol. The van der Waals surface area contributed by atoms with Crippen LogP contribution in [-0.4, -0.2) is 47.5 Å². The lowest BCUT2D eigenvalue weighted by molar-refractivity contribution is -0.137. The average Bonchev–Trinajstić information content (AvgIpc) is 3.05. The Bertz CT molecular complexity index is 350. The Morgan fingerprint density at radius 1 is 1.32 bits per heavy atom. The first-order chi connectivity index (χ1) is 8.88. The van der Waals surface area contributed by atoms with Crippen LogP contribution in [0.15, 0.2) is 0 Å². The van der Waals surface area contributed by atoms with Gasteiger partial charge < -0.3 is 21.1 Å². The van der Waals surface area contributed by atoms with Crippen LogP contribution in [0.2, 0.25) is 0 Å². The van der Waals surface area contributed by atoms with E-state index < -0.39 is 24.5 Å². The van der Waals surface area contributed by atoms with Crippen molar-refractivity contribution < 1.29 is 19.5 Å². The molecule has 1 rings (SSSR count). The molecule has 0 bridgehead atoms. The van der Waals surface area contributed by atoms with E-state index in [1.807, 2.05) is 0 Å². The number of aliphatic carboxylic acids is 1. The molecule has 0 spiro atoms. The van der Waals surface area contributed by atoms with E-state index in [0.29, 0.717) is 6.54 Å². The molecule has 1 aliphatic carbocycles. The molecule has 0 unspecified atom stereocenters. The Morgan fingerprint density at radius 2 is 1.95 bits per heavy atom. The molecule has 0 atom stereocenters. The van der Waals surface area contributed by atoms with E-state index in [9.17, 15) is 14.4 Å². The van der Waals surface area contributed by atoms with Gasteiger partial charge in [-0.25, -0.2) is 4.79 Å². The molecular formula is C12H21N3O4. The van der Waals surface area contributed by atoms with Crippen LogP contribution >= 0.6 is 0 Å². The van der Waals surface area contributed by atoms with Crippen LogP contribution in [-0.2, 0) is 9.59 Å². The lowest BCUT2D eigenvalue weighted by Gasteiger charge is -2.22. The summed E-state index contributed by atoms with van der Waals surface area (Å²) in [5.41, 5.74) is 5.17. The summed E-state index contributed by atoms with van der Waals surface area (Å²) in [5.74, 6) is -1.91. The number of nitrogens with zero attached hydrogens (tertiary/aromatic N) is 1. The minimum Gasteiger partial charge on any atom is -0.480 e. The predicted molar refractivity (Wildman–Crippen MR) is 68.4 cm³/mol. The maximum absolute atomic E-state index is 11.8. The highest BCUT2D eigenvalue weighted by Gasteiger charge is 2.41. The fourth-order valence-electron chi connectivity index (χ4n) is 2.15. The number of hydrogen-bond acceptors (Lipinski definition) is 3. The third kappa shape index (κ3) is 5.15. The van der Waals surface area contributed by atoms with Crippen molar-refractivity contribution in [2.24, 2.45) is 11.1 Å². The van der Waals surface area contributed by atoms with Crippen molar-refractivity contribution in [1.82, 2.24) is 10.2 Å². The van der Waals surface area contributed by atoms with Crippen LogP contribution < -0.4 is 11.1 Å². The molecule has 3 amide bonds. The molecule has 4 N–H and O–H groups in total. The number of primary amides is 1. The fraction of sp³-hybridized carbons (Fsp3) is 0.750. The first-order valence-corrected chi connectivity index (χ1v) is 6.41. The zero-order valence-electron chi connectivity index (χ0n) is 11.1. The third-order valence-electron chi connectivity index (χ3n) is 3.31. The molecule has 0 saturated heterocycles. The summed E-state index contributed by atoms with van der Waals surface area (Å²) in [7, 11) is 0. The van der Waals surface area contributed by atoms with Gasteiger partial charge in [0, 0.05) is 6.54 Å². The van der Waals surface area contributed by atoms with Crippen molar-refractivity contribution in [2.75, 3.05) is 19.6 Å². The van der Waals surface area contributed by atoms with Crippen LogP contribution in [0.25, 0.3) is 0 Å². The number of nitrogens with two attached hydrogens (primary N) is 1. The van der Waals surface area contributed by atoms with Crippen molar-refractivity contribution >= 4 is 17.9 Å². The quantitative estimate of drug-likeness (QED) is 0.583. The SMILES string of the molecule is CCCC1(CNC(=O)N(CC(N)=O)CC(=O)O)CC1. The van der Waals surface area contributed by atoms with Gasteiger partial charge in [-0.15, -0.1) is 0 Å². The Balaban J connectivity index is 2.47. The standard InChI is InChI=1S/C12H21N3O4/c1-2-3-12(4-5-12)8-14-11(19)15(6-9(13)16)7-10(17)18/h2-8H2,1H3,(H2,13,16)(H,14,19)(H,17,18). The molecule has 1 saturated carbocycles. The molecule has 0 radical (unpaired) electrons. The second-order valence-electron chi connectivity index (χ2n) is 5.12. The van der Waals surface area contributed by atoms with E-state index in [1.54, 1.807) is 0 Å². The summed E-state index contributed by atoms with van der Waals surface area (Å²) >= 11 is 0. The number of carboxylic acid groups (broad SMARTS) is 1. The van der Waals surface area contributed by atoms with Crippen molar-refractivity contribution in [3.63, 3.8) is 0 Å². The van der Waals surface area contributed by atoms with Gasteiger partial charge in [0.25, 0.3) is 0 Å². The van der Waals surface area contributed by atoms with Gasteiger partial charge in [0.1, 0.15) is 13.1 Å². The lowest BCUT2D eigenvalue weighted by Crippen LogP contribution is -2.47. The largest absolute Gasteiger partial charge is 0.480 e. The molecule has 1 aliphatic rings. The Morgan fingerprint density at radius 3 is 2.37 bits per heavy atom. The number of hydrogen-bond donors (Lipinski definition) is 3. The normalized spacial score (nSPS) is 15.6. The zero-order valence-corrected chi connectivity index (χ0v) is 11.1. The topological polar surface area (TPSA) is 113 Å². The van der Waals surface area contributed by atoms with Crippen LogP contribution in [0.3, 0.4) is 0 Å². The third-order valence-corrected chi connectivity index (χ3v) is 3.31. The monoisotopic (exact) mass is 271 g/mol. The van der Waals surface area contributed by atoms with E-state index >= 15 is 0 Å². The van der Waals surface area contributed by atoms with E-state index in [2.05, 4.69) is 12.2 Å². The molecule has 1 fully saturated rings. The lowest BCUT2D eigenvalue weighted by atomic mass is 10.0. The Hall–Kier alpha value is -1.79. The van der Waals surface area contributed by atoms with Gasteiger partial charge in [-0.1, -0.05) is 13.3 Å². The molecule has 0 heterocycles. The fourth-order valence-corrected chi connectivity index (χ4v) is 2.15. The van der Waals surface area contributed by atoms with E-state index in [0.717, 1.165) is 30.6 Å². The van der Waals surface area contributed by atoms with Crippen molar-refractivity contribution in [1.29, 1.82) is 0 Å². The Labute approximate surface area is 112 Å². The minimum atomic E-state index is -1.17. The summed E-state index contributed by atoms with van der Waals surface area (Å²) in [6, 6.07) is -0.552. The first kappa shape index (κ1) is 15.3. The maximum Gasteiger partial charge on any atom is 0.323 e. The number of carboxylic acids is 1. The summed E-state index contributed by atoms with van der Waals surface area (Å²) in [4.78, 5) is 34.2. The van der Waals surface area contributed by atoms with Gasteiger partial charge in [-0.2, -0.15) is 0 Å². The maximum atomic E-state index is 11.8. The smallest absolute Gasteiger partial charge is 0.323 e. The number of rotatable bonds is 8. The minimum absolute atomic E-state index is 0.173. The molecule has 7 heteroatoms. The number of carbonyl (C=O) groups is 3. The highest BCUT2D eigenvalue weighted by molar-refractivity contribution is 5.85. The van der Waals surface area contributed by atoms with Gasteiger partial charge in [-0.3, -0.25) is 9.59 Å². The van der Waals surface area contributed by atoms with Crippen LogP contribution in [0, 0.1) is 5.41 Å². The van der Waals surface area contributed by atoms with Crippen LogP contribution in [0.4, 0.5) is 4.79 Å². The highest BCUT2D eigenvalue weighted by Crippen LogP contribution is 2.48. The molecule has 19 heavy (non-hydrogen) atoms. The molecular weight excluding hydrogens is 250 g/mol. The van der Waals surface area contributed by atoms with Crippen molar-refractivity contribution in [3.05, 3.63) is 0 Å². The van der Waals surface area contributed by atoms with E-state index in [4.69, 9.17) is 10.8 Å². The van der Waals surface area contributed by atoms with Crippen molar-refractivity contribution in [2.45, 2.75) is 32.6 Å². The number of urea groups is 1. The number of nitrogens with one attached hydrogen (secondary N) is 1. The second-order valence-corrected chi connectivity index (χ2v) is 5.12. The molecule has 0 aliphatic heterocycles. The van der Waals surface area contributed by atoms with Gasteiger partial charge in [0.05, 0.1) is 0 Å². The van der Waals surface area contributed by atoms with Crippen molar-refractivity contribution in [3.8, 4) is 0 Å². The summed E-state index contributed by atoms with van der Waals surface area (Å²) in [6.45, 7) is 1.69. The van der Waals surface area contributed by atoms with E-state index in [1.165, 1.54) is 0 Å². The van der Waals surface area contributed by atoms with Crippen LogP contribution in [0.5, 0.6) is 0 Å². The molecule has 0 aromatic rings. The number of amides is 3. The summed E-state index contributed by atoms with van der Waals surface area (Å²) in [6.07, 6.45) is 4.25. The molecule has 108 valence electrons. The first-order valence-electron chi connectivity index (χ1n) is 6.41. The van der Waals surface area contributed by atoms with Gasteiger partial charge in [0.15, 0.2) is 0 Å². The number of carbonyl (C=O) groups excluding carboxylic acids is 2. The molecule has 0 aromatic heterocycles. The highest BCUT2D eigenvalue weighted by atomic mass is 16.4. The molecule has 7 nitrogen and oxygen atoms in total. The van der Waals surface area contributed by atoms with E-state index in [-0.39, 0.29) is 12.0 Å². The van der Waals surface area contributed by atoms with Crippen LogP contribution in [0.1, 0.15) is 32.6 Å².